The standard InChI is InChI=1S/C11H15F6NO2/c1-3-20-8(19)7(2)18-5-4-9(6-18,10(12,13)14)11(15,16)17/h7H,3-6H2,1-2H3/t7-/m0/s1. The minimum Gasteiger partial charge on any atom is -0.465 e. The van der Waals surface area contributed by atoms with Gasteiger partial charge in [-0.15, -0.1) is 0 Å². The Morgan fingerprint density at radius 3 is 2.10 bits per heavy atom. The lowest BCUT2D eigenvalue weighted by Crippen LogP contribution is -2.53. The highest BCUT2D eigenvalue weighted by Gasteiger charge is 2.72. The first kappa shape index (κ1) is 17.1. The molecule has 0 N–H and O–H groups in total. The molecule has 1 aliphatic heterocycles. The number of esters is 1. The van der Waals surface area contributed by atoms with Gasteiger partial charge in [-0.3, -0.25) is 9.69 Å². The quantitative estimate of drug-likeness (QED) is 0.593. The molecule has 1 atom stereocenters. The summed E-state index contributed by atoms with van der Waals surface area (Å²) in [5.74, 6) is -0.826. The number of nitrogens with zero attached hydrogens (tertiary/aromatic N) is 1. The molecule has 0 aliphatic carbocycles. The zero-order chi connectivity index (χ0) is 15.8. The number of ether oxygens (including phenoxy) is 1. The predicted octanol–water partition coefficient (Wildman–Crippen LogP) is 2.75. The van der Waals surface area contributed by atoms with Crippen molar-refractivity contribution in [3.63, 3.8) is 0 Å². The average molecular weight is 307 g/mol. The molecule has 1 aliphatic rings. The molecule has 0 aromatic carbocycles. The molecule has 3 nitrogen and oxygen atoms in total. The highest BCUT2D eigenvalue weighted by molar-refractivity contribution is 5.75. The maximum atomic E-state index is 12.8. The summed E-state index contributed by atoms with van der Waals surface area (Å²) in [5, 5.41) is 0. The molecule has 20 heavy (non-hydrogen) atoms. The Bertz CT molecular complexity index is 351. The van der Waals surface area contributed by atoms with Gasteiger partial charge in [0.2, 0.25) is 0 Å². The van der Waals surface area contributed by atoms with E-state index >= 15 is 0 Å². The highest BCUT2D eigenvalue weighted by Crippen LogP contribution is 2.55. The van der Waals surface area contributed by atoms with Crippen LogP contribution in [0, 0.1) is 5.41 Å². The normalized spacial score (nSPS) is 21.8. The smallest absolute Gasteiger partial charge is 0.404 e. The van der Waals surface area contributed by atoms with Crippen LogP contribution in [-0.4, -0.2) is 49.0 Å². The Morgan fingerprint density at radius 1 is 1.25 bits per heavy atom. The van der Waals surface area contributed by atoms with E-state index < -0.39 is 49.3 Å². The van der Waals surface area contributed by atoms with Gasteiger partial charge in [0.25, 0.3) is 0 Å². The number of alkyl halides is 6. The second-order valence-electron chi connectivity index (χ2n) is 4.73. The van der Waals surface area contributed by atoms with Crippen LogP contribution in [0.25, 0.3) is 0 Å². The molecular weight excluding hydrogens is 292 g/mol. The van der Waals surface area contributed by atoms with Crippen LogP contribution in [0.3, 0.4) is 0 Å². The van der Waals surface area contributed by atoms with E-state index in [1.54, 1.807) is 0 Å². The Kier molecular flexibility index (Phi) is 4.62. The van der Waals surface area contributed by atoms with Crippen LogP contribution in [0.5, 0.6) is 0 Å². The first-order chi connectivity index (χ1) is 8.96. The number of carbonyl (C=O) groups is 1. The average Bonchev–Trinajstić information content (AvgIpc) is 2.72. The molecule has 1 rings (SSSR count). The van der Waals surface area contributed by atoms with Crippen LogP contribution in [0.15, 0.2) is 0 Å². The van der Waals surface area contributed by atoms with Gasteiger partial charge in [-0.05, 0) is 20.3 Å². The summed E-state index contributed by atoms with van der Waals surface area (Å²) in [6, 6.07) is -1.14. The third-order valence-electron chi connectivity index (χ3n) is 3.56. The summed E-state index contributed by atoms with van der Waals surface area (Å²) in [5.41, 5.74) is -3.78. The van der Waals surface area contributed by atoms with Crippen LogP contribution in [0.2, 0.25) is 0 Å². The van der Waals surface area contributed by atoms with E-state index in [1.165, 1.54) is 13.8 Å². The molecule has 0 radical (unpaired) electrons. The third-order valence-corrected chi connectivity index (χ3v) is 3.56. The summed E-state index contributed by atoms with van der Waals surface area (Å²) in [6.07, 6.45) is -11.9. The Morgan fingerprint density at radius 2 is 1.75 bits per heavy atom. The molecule has 1 saturated heterocycles. The zero-order valence-corrected chi connectivity index (χ0v) is 10.9. The number of rotatable bonds is 3. The molecule has 1 heterocycles. The van der Waals surface area contributed by atoms with Crippen molar-refractivity contribution in [3.05, 3.63) is 0 Å². The summed E-state index contributed by atoms with van der Waals surface area (Å²) in [4.78, 5) is 12.3. The minimum atomic E-state index is -5.41. The van der Waals surface area contributed by atoms with E-state index in [0.717, 1.165) is 4.90 Å². The monoisotopic (exact) mass is 307 g/mol. The molecule has 0 unspecified atom stereocenters. The van der Waals surface area contributed by atoms with Gasteiger partial charge >= 0.3 is 18.3 Å². The van der Waals surface area contributed by atoms with Gasteiger partial charge in [0.05, 0.1) is 6.61 Å². The van der Waals surface area contributed by atoms with Crippen molar-refractivity contribution in [1.29, 1.82) is 0 Å². The second-order valence-corrected chi connectivity index (χ2v) is 4.73. The predicted molar refractivity (Wildman–Crippen MR) is 56.8 cm³/mol. The van der Waals surface area contributed by atoms with Gasteiger partial charge in [0.15, 0.2) is 5.41 Å². The fraction of sp³-hybridized carbons (Fsp3) is 0.909. The molecular formula is C11H15F6NO2. The molecule has 0 saturated carbocycles. The van der Waals surface area contributed by atoms with Crippen molar-refractivity contribution in [1.82, 2.24) is 4.90 Å². The highest BCUT2D eigenvalue weighted by atomic mass is 19.4. The summed E-state index contributed by atoms with van der Waals surface area (Å²) < 4.78 is 81.6. The number of hydrogen-bond donors (Lipinski definition) is 0. The molecule has 1 fully saturated rings. The SMILES string of the molecule is CCOC(=O)[C@H](C)N1CCC(C(F)(F)F)(C(F)(F)F)C1. The number of hydrogen-bond acceptors (Lipinski definition) is 3. The second kappa shape index (κ2) is 5.42. The summed E-state index contributed by atoms with van der Waals surface area (Å²) in [6.45, 7) is 1.02. The largest absolute Gasteiger partial charge is 0.465 e. The van der Waals surface area contributed by atoms with Crippen LogP contribution < -0.4 is 0 Å². The van der Waals surface area contributed by atoms with Crippen LogP contribution >= 0.6 is 0 Å². The molecule has 9 heteroatoms. The van der Waals surface area contributed by atoms with Crippen molar-refractivity contribution in [2.24, 2.45) is 5.41 Å². The van der Waals surface area contributed by atoms with Gasteiger partial charge in [-0.25, -0.2) is 0 Å². The van der Waals surface area contributed by atoms with Gasteiger partial charge in [0.1, 0.15) is 6.04 Å². The Balaban J connectivity index is 2.94. The van der Waals surface area contributed by atoms with E-state index in [2.05, 4.69) is 4.74 Å². The molecule has 0 amide bonds. The minimum absolute atomic E-state index is 0.0146. The molecule has 0 spiro atoms. The van der Waals surface area contributed by atoms with Gasteiger partial charge in [0, 0.05) is 13.1 Å². The van der Waals surface area contributed by atoms with E-state index in [9.17, 15) is 31.1 Å². The van der Waals surface area contributed by atoms with E-state index in [4.69, 9.17) is 0 Å². The first-order valence-corrected chi connectivity index (χ1v) is 6.00. The molecule has 0 bridgehead atoms. The fourth-order valence-corrected chi connectivity index (χ4v) is 2.21. The molecule has 0 aromatic rings. The summed E-state index contributed by atoms with van der Waals surface area (Å²) in [7, 11) is 0. The van der Waals surface area contributed by atoms with Crippen molar-refractivity contribution >= 4 is 5.97 Å². The Labute approximate surface area is 111 Å². The zero-order valence-electron chi connectivity index (χ0n) is 10.9. The number of carbonyl (C=O) groups excluding carboxylic acids is 1. The lowest BCUT2D eigenvalue weighted by Gasteiger charge is -2.34. The topological polar surface area (TPSA) is 29.5 Å². The maximum Gasteiger partial charge on any atom is 0.404 e. The van der Waals surface area contributed by atoms with Crippen LogP contribution in [0.1, 0.15) is 20.3 Å². The van der Waals surface area contributed by atoms with E-state index in [0.29, 0.717) is 0 Å². The van der Waals surface area contributed by atoms with Crippen molar-refractivity contribution in [3.8, 4) is 0 Å². The van der Waals surface area contributed by atoms with Gasteiger partial charge in [-0.1, -0.05) is 0 Å². The van der Waals surface area contributed by atoms with Crippen molar-refractivity contribution in [2.45, 2.75) is 38.7 Å². The molecule has 118 valence electrons. The first-order valence-electron chi connectivity index (χ1n) is 6.00. The number of halogens is 6. The lowest BCUT2D eigenvalue weighted by atomic mass is 9.85. The molecule has 0 aromatic heterocycles. The van der Waals surface area contributed by atoms with E-state index in [1.807, 2.05) is 0 Å². The van der Waals surface area contributed by atoms with Gasteiger partial charge in [-0.2, -0.15) is 26.3 Å². The lowest BCUT2D eigenvalue weighted by molar-refractivity contribution is -0.335. The van der Waals surface area contributed by atoms with Crippen LogP contribution in [0.4, 0.5) is 26.3 Å². The van der Waals surface area contributed by atoms with Gasteiger partial charge < -0.3 is 4.74 Å². The van der Waals surface area contributed by atoms with E-state index in [-0.39, 0.29) is 6.61 Å². The number of likely N-dealkylation sites (tertiary alicyclic amines) is 1. The third kappa shape index (κ3) is 2.87. The summed E-state index contributed by atoms with van der Waals surface area (Å²) >= 11 is 0. The van der Waals surface area contributed by atoms with Crippen molar-refractivity contribution in [2.75, 3.05) is 19.7 Å². The Hall–Kier alpha value is -0.990. The fourth-order valence-electron chi connectivity index (χ4n) is 2.21. The van der Waals surface area contributed by atoms with Crippen LogP contribution in [-0.2, 0) is 9.53 Å². The maximum absolute atomic E-state index is 12.8. The van der Waals surface area contributed by atoms with Crippen molar-refractivity contribution < 1.29 is 35.9 Å².